The van der Waals surface area contributed by atoms with Gasteiger partial charge in [0.1, 0.15) is 0 Å². The van der Waals surface area contributed by atoms with Gasteiger partial charge in [-0.3, -0.25) is 0 Å². The summed E-state index contributed by atoms with van der Waals surface area (Å²) in [6.45, 7) is 2.17. The van der Waals surface area contributed by atoms with E-state index in [1.807, 2.05) is 0 Å². The molecule has 0 aromatic heterocycles. The molecule has 0 amide bonds. The summed E-state index contributed by atoms with van der Waals surface area (Å²) < 4.78 is 0. The molecule has 0 radical (unpaired) electrons. The lowest BCUT2D eigenvalue weighted by molar-refractivity contribution is 0.362. The van der Waals surface area contributed by atoms with E-state index in [1.165, 1.54) is 36.8 Å². The highest BCUT2D eigenvalue weighted by Gasteiger charge is 2.33. The zero-order chi connectivity index (χ0) is 17.5. The Kier molecular flexibility index (Phi) is 6.09. The minimum Gasteiger partial charge on any atom is -0.357 e. The zero-order valence-corrected chi connectivity index (χ0v) is 15.9. The van der Waals surface area contributed by atoms with Gasteiger partial charge in [-0.15, -0.1) is 0 Å². The smallest absolute Gasteiger partial charge is 0.171 e. The molecule has 0 heterocycles. The van der Waals surface area contributed by atoms with Crippen molar-refractivity contribution in [1.29, 1.82) is 0 Å². The Hall–Kier alpha value is -1.87. The van der Waals surface area contributed by atoms with Crippen LogP contribution in [0.1, 0.15) is 50.2 Å². The second kappa shape index (κ2) is 8.48. The molecule has 2 N–H and O–H groups in total. The van der Waals surface area contributed by atoms with Gasteiger partial charge in [-0.25, -0.2) is 0 Å². The van der Waals surface area contributed by atoms with Gasteiger partial charge in [-0.05, 0) is 67.6 Å². The largest absolute Gasteiger partial charge is 0.357 e. The standard InChI is InChI=1S/C22H28N2S/c1-2-18-10-12-20(13-11-18)23-21(25)24-22(15-6-7-16-22)17-14-19-8-4-3-5-9-19/h3-5,8-13H,2,6-7,14-17H2,1H3,(H2,23,24,25). The first-order valence-electron chi connectivity index (χ1n) is 9.41. The quantitative estimate of drug-likeness (QED) is 0.673. The van der Waals surface area contributed by atoms with Crippen LogP contribution in [-0.2, 0) is 12.8 Å². The SMILES string of the molecule is CCc1ccc(NC(=S)NC2(CCc3ccccc3)CCCC2)cc1. The maximum atomic E-state index is 5.61. The average Bonchev–Trinajstić information content (AvgIpc) is 3.10. The number of anilines is 1. The van der Waals surface area contributed by atoms with E-state index in [9.17, 15) is 0 Å². The maximum absolute atomic E-state index is 5.61. The summed E-state index contributed by atoms with van der Waals surface area (Å²) in [5, 5.41) is 7.77. The highest BCUT2D eigenvalue weighted by atomic mass is 32.1. The molecule has 3 rings (SSSR count). The molecule has 2 aromatic carbocycles. The summed E-state index contributed by atoms with van der Waals surface area (Å²) in [5.74, 6) is 0. The molecule has 0 bridgehead atoms. The van der Waals surface area contributed by atoms with Crippen LogP contribution in [0.2, 0.25) is 0 Å². The van der Waals surface area contributed by atoms with Crippen LogP contribution in [0.15, 0.2) is 54.6 Å². The lowest BCUT2D eigenvalue weighted by Crippen LogP contribution is -2.48. The van der Waals surface area contributed by atoms with Crippen LogP contribution in [0.5, 0.6) is 0 Å². The topological polar surface area (TPSA) is 24.1 Å². The lowest BCUT2D eigenvalue weighted by atomic mass is 9.89. The van der Waals surface area contributed by atoms with Crippen molar-refractivity contribution in [1.82, 2.24) is 5.32 Å². The third kappa shape index (κ3) is 5.05. The second-order valence-corrected chi connectivity index (χ2v) is 7.51. The Morgan fingerprint density at radius 1 is 0.960 bits per heavy atom. The summed E-state index contributed by atoms with van der Waals surface area (Å²) in [6, 6.07) is 19.3. The zero-order valence-electron chi connectivity index (χ0n) is 15.1. The number of hydrogen-bond acceptors (Lipinski definition) is 1. The van der Waals surface area contributed by atoms with Gasteiger partial charge in [0.25, 0.3) is 0 Å². The van der Waals surface area contributed by atoms with Gasteiger partial charge < -0.3 is 10.6 Å². The van der Waals surface area contributed by atoms with Crippen molar-refractivity contribution in [2.24, 2.45) is 0 Å². The Morgan fingerprint density at radius 3 is 2.28 bits per heavy atom. The van der Waals surface area contributed by atoms with Crippen molar-refractivity contribution < 1.29 is 0 Å². The molecular weight excluding hydrogens is 324 g/mol. The number of thiocarbonyl (C=S) groups is 1. The van der Waals surface area contributed by atoms with Crippen LogP contribution < -0.4 is 10.6 Å². The first-order valence-corrected chi connectivity index (χ1v) is 9.82. The molecule has 3 heteroatoms. The predicted octanol–water partition coefficient (Wildman–Crippen LogP) is 5.48. The van der Waals surface area contributed by atoms with Crippen molar-refractivity contribution in [3.8, 4) is 0 Å². The van der Waals surface area contributed by atoms with E-state index in [0.717, 1.165) is 30.1 Å². The van der Waals surface area contributed by atoms with Gasteiger partial charge in [0.2, 0.25) is 0 Å². The molecule has 2 nitrogen and oxygen atoms in total. The first kappa shape index (κ1) is 17.9. The minimum absolute atomic E-state index is 0.142. The van der Waals surface area contributed by atoms with Crippen LogP contribution in [0.4, 0.5) is 5.69 Å². The summed E-state index contributed by atoms with van der Waals surface area (Å²) in [7, 11) is 0. The fraction of sp³-hybridized carbons (Fsp3) is 0.409. The molecule has 0 atom stereocenters. The van der Waals surface area contributed by atoms with Gasteiger partial charge >= 0.3 is 0 Å². The van der Waals surface area contributed by atoms with E-state index in [0.29, 0.717) is 0 Å². The second-order valence-electron chi connectivity index (χ2n) is 7.10. The number of aryl methyl sites for hydroxylation is 2. The molecule has 25 heavy (non-hydrogen) atoms. The van der Waals surface area contributed by atoms with E-state index >= 15 is 0 Å². The fourth-order valence-corrected chi connectivity index (χ4v) is 4.08. The van der Waals surface area contributed by atoms with Gasteiger partial charge in [0.15, 0.2) is 5.11 Å². The molecule has 2 aromatic rings. The summed E-state index contributed by atoms with van der Waals surface area (Å²) >= 11 is 5.61. The van der Waals surface area contributed by atoms with Crippen molar-refractivity contribution in [3.05, 3.63) is 65.7 Å². The minimum atomic E-state index is 0.142. The van der Waals surface area contributed by atoms with E-state index in [2.05, 4.69) is 72.2 Å². The molecule has 1 aliphatic carbocycles. The van der Waals surface area contributed by atoms with Crippen molar-refractivity contribution in [2.75, 3.05) is 5.32 Å². The predicted molar refractivity (Wildman–Crippen MR) is 111 cm³/mol. The summed E-state index contributed by atoms with van der Waals surface area (Å²) in [4.78, 5) is 0. The number of benzene rings is 2. The van der Waals surface area contributed by atoms with Gasteiger partial charge in [-0.2, -0.15) is 0 Å². The Balaban J connectivity index is 1.59. The van der Waals surface area contributed by atoms with Crippen LogP contribution in [0.3, 0.4) is 0 Å². The highest BCUT2D eigenvalue weighted by molar-refractivity contribution is 7.80. The van der Waals surface area contributed by atoms with Crippen molar-refractivity contribution >= 4 is 23.0 Å². The average molecular weight is 353 g/mol. The monoisotopic (exact) mass is 352 g/mol. The van der Waals surface area contributed by atoms with Gasteiger partial charge in [0, 0.05) is 11.2 Å². The van der Waals surface area contributed by atoms with E-state index < -0.39 is 0 Å². The van der Waals surface area contributed by atoms with Crippen LogP contribution in [0, 0.1) is 0 Å². The van der Waals surface area contributed by atoms with Crippen molar-refractivity contribution in [3.63, 3.8) is 0 Å². The molecule has 1 aliphatic rings. The fourth-order valence-electron chi connectivity index (χ4n) is 3.74. The van der Waals surface area contributed by atoms with Crippen LogP contribution in [-0.4, -0.2) is 10.7 Å². The molecule has 0 saturated heterocycles. The third-order valence-electron chi connectivity index (χ3n) is 5.29. The maximum Gasteiger partial charge on any atom is 0.171 e. The third-order valence-corrected chi connectivity index (χ3v) is 5.50. The molecular formula is C22H28N2S. The summed E-state index contributed by atoms with van der Waals surface area (Å²) in [5.41, 5.74) is 3.96. The Labute approximate surface area is 157 Å². The normalized spacial score (nSPS) is 15.7. The number of nitrogens with one attached hydrogen (secondary N) is 2. The molecule has 132 valence electrons. The molecule has 1 fully saturated rings. The molecule has 1 saturated carbocycles. The molecule has 0 aliphatic heterocycles. The molecule has 0 unspecified atom stereocenters. The number of hydrogen-bond donors (Lipinski definition) is 2. The van der Waals surface area contributed by atoms with E-state index in [-0.39, 0.29) is 5.54 Å². The van der Waals surface area contributed by atoms with Crippen molar-refractivity contribution in [2.45, 2.75) is 57.4 Å². The number of rotatable bonds is 6. The van der Waals surface area contributed by atoms with Gasteiger partial charge in [-0.1, -0.05) is 62.2 Å². The summed E-state index contributed by atoms with van der Waals surface area (Å²) in [6.07, 6.45) is 8.28. The van der Waals surface area contributed by atoms with E-state index in [4.69, 9.17) is 12.2 Å². The Bertz CT molecular complexity index is 673. The van der Waals surface area contributed by atoms with E-state index in [1.54, 1.807) is 0 Å². The lowest BCUT2D eigenvalue weighted by Gasteiger charge is -2.32. The van der Waals surface area contributed by atoms with Crippen LogP contribution in [0.25, 0.3) is 0 Å². The highest BCUT2D eigenvalue weighted by Crippen LogP contribution is 2.33. The van der Waals surface area contributed by atoms with Crippen LogP contribution >= 0.6 is 12.2 Å². The first-order chi connectivity index (χ1) is 12.2. The Morgan fingerprint density at radius 2 is 1.64 bits per heavy atom. The molecule has 0 spiro atoms. The van der Waals surface area contributed by atoms with Gasteiger partial charge in [0.05, 0.1) is 0 Å².